The minimum atomic E-state index is -1.39. The average molecular weight is 807 g/mol. The van der Waals surface area contributed by atoms with Gasteiger partial charge in [-0.2, -0.15) is 0 Å². The lowest BCUT2D eigenvalue weighted by Gasteiger charge is -2.55. The van der Waals surface area contributed by atoms with Gasteiger partial charge in [0.25, 0.3) is 0 Å². The molecule has 14 heteroatoms. The fourth-order valence-corrected chi connectivity index (χ4v) is 11.5. The van der Waals surface area contributed by atoms with Gasteiger partial charge >= 0.3 is 35.8 Å². The smallest absolute Gasteiger partial charge is 0.310 e. The standard InChI is InChI=1S/C44H56N2O12/c1-26(47)55-38-13-7-30(19-40(38)57-28(3)49)15-17-45(5)34-9-10-35(45)22-32(21-34)44(43(53)54,25-42(51)52)33-23-36-11-12-37(24-33)46(36,6)18-16-31-8-14-39(56-27(2)48)41(20-31)58-29(4)50/h7-8,13-14,19-20,32-37H,9-12,15-18,21-25H2,1-6H3/p+2/t32?,33?,34-,35+,36-,37+,44?,45?,46?. The maximum Gasteiger partial charge on any atom is 0.310 e. The summed E-state index contributed by atoms with van der Waals surface area (Å²) < 4.78 is 22.8. The predicted octanol–water partition coefficient (Wildman–Crippen LogP) is 5.49. The predicted molar refractivity (Wildman–Crippen MR) is 209 cm³/mol. The first-order valence-electron chi connectivity index (χ1n) is 20.5. The maximum atomic E-state index is 13.8. The number of carbonyl (C=O) groups excluding carboxylic acids is 4. The number of hydrogen-bond donors (Lipinski definition) is 2. The van der Waals surface area contributed by atoms with Crippen molar-refractivity contribution in [3.8, 4) is 23.0 Å². The van der Waals surface area contributed by atoms with E-state index in [9.17, 15) is 39.0 Å². The van der Waals surface area contributed by atoms with Crippen molar-refractivity contribution >= 4 is 35.8 Å². The van der Waals surface area contributed by atoms with Crippen LogP contribution in [0.2, 0.25) is 0 Å². The maximum absolute atomic E-state index is 13.8. The molecular weight excluding hydrogens is 748 g/mol. The molecule has 4 bridgehead atoms. The first-order chi connectivity index (χ1) is 27.3. The van der Waals surface area contributed by atoms with Crippen LogP contribution in [0, 0.1) is 17.3 Å². The molecule has 4 aliphatic heterocycles. The number of carboxylic acid groups (broad SMARTS) is 2. The number of benzene rings is 2. The second-order valence-electron chi connectivity index (χ2n) is 17.6. The molecule has 4 saturated heterocycles. The number of rotatable bonds is 15. The van der Waals surface area contributed by atoms with Crippen LogP contribution in [-0.2, 0) is 41.6 Å². The monoisotopic (exact) mass is 806 g/mol. The number of likely N-dealkylation sites (N-methyl/N-ethyl adjacent to an activating group) is 2. The highest BCUT2D eigenvalue weighted by atomic mass is 16.6. The number of nitrogens with zero attached hydrogens (tertiary/aromatic N) is 2. The van der Waals surface area contributed by atoms with E-state index in [2.05, 4.69) is 14.1 Å². The van der Waals surface area contributed by atoms with Crippen molar-refractivity contribution < 1.29 is 66.9 Å². The fraction of sp³-hybridized carbons (Fsp3) is 0.591. The summed E-state index contributed by atoms with van der Waals surface area (Å²) in [6, 6.07) is 11.2. The first kappa shape index (κ1) is 42.8. The van der Waals surface area contributed by atoms with Gasteiger partial charge in [-0.15, -0.1) is 0 Å². The van der Waals surface area contributed by atoms with Gasteiger partial charge in [0.2, 0.25) is 0 Å². The summed E-state index contributed by atoms with van der Waals surface area (Å²) in [7, 11) is 4.47. The zero-order valence-electron chi connectivity index (χ0n) is 34.5. The molecule has 0 aromatic heterocycles. The molecule has 0 aliphatic carbocycles. The van der Waals surface area contributed by atoms with Gasteiger partial charge in [-0.05, 0) is 47.2 Å². The van der Waals surface area contributed by atoms with Crippen LogP contribution in [0.15, 0.2) is 36.4 Å². The molecule has 0 amide bonds. The van der Waals surface area contributed by atoms with Crippen LogP contribution < -0.4 is 18.9 Å². The highest BCUT2D eigenvalue weighted by Crippen LogP contribution is 2.58. The Morgan fingerprint density at radius 1 is 0.569 bits per heavy atom. The number of carbonyl (C=O) groups is 6. The highest BCUT2D eigenvalue weighted by Gasteiger charge is 2.64. The van der Waals surface area contributed by atoms with Crippen LogP contribution in [0.25, 0.3) is 0 Å². The Bertz CT molecular complexity index is 1810. The highest BCUT2D eigenvalue weighted by molar-refractivity contribution is 5.82. The largest absolute Gasteiger partial charge is 0.481 e. The van der Waals surface area contributed by atoms with Gasteiger partial charge in [-0.25, -0.2) is 0 Å². The molecule has 8 atom stereocenters. The topological polar surface area (TPSA) is 180 Å². The van der Waals surface area contributed by atoms with Gasteiger partial charge in [0.05, 0.1) is 63.2 Å². The quantitative estimate of drug-likeness (QED) is 0.132. The van der Waals surface area contributed by atoms with E-state index in [-0.39, 0.29) is 59.0 Å². The summed E-state index contributed by atoms with van der Waals surface area (Å²) in [4.78, 5) is 73.4. The molecule has 2 aromatic rings. The van der Waals surface area contributed by atoms with E-state index in [1.165, 1.54) is 27.7 Å². The zero-order chi connectivity index (χ0) is 42.2. The Hall–Kier alpha value is -4.82. The van der Waals surface area contributed by atoms with Crippen LogP contribution in [0.5, 0.6) is 23.0 Å². The molecule has 2 aromatic carbocycles. The third kappa shape index (κ3) is 8.63. The minimum Gasteiger partial charge on any atom is -0.481 e. The van der Waals surface area contributed by atoms with Crippen LogP contribution in [0.3, 0.4) is 0 Å². The molecule has 6 rings (SSSR count). The first-order valence-corrected chi connectivity index (χ1v) is 20.5. The molecule has 314 valence electrons. The van der Waals surface area contributed by atoms with Gasteiger partial charge in [-0.1, -0.05) is 12.1 Å². The number of piperidine rings is 2. The van der Waals surface area contributed by atoms with Crippen molar-refractivity contribution in [2.45, 2.75) is 122 Å². The number of aliphatic carboxylic acids is 2. The Morgan fingerprint density at radius 2 is 0.897 bits per heavy atom. The normalized spacial score (nSPS) is 29.5. The molecule has 4 fully saturated rings. The average Bonchev–Trinajstić information content (AvgIpc) is 3.36. The SMILES string of the molecule is CC(=O)Oc1ccc(CC[N+]2(C)[C@@H]3CC[C@H]2CC(C(CC(=O)O)(C(=O)O)C2C[C@H]4CC[C@@H](C2)[N+]4(C)CCc2ccc(OC(C)=O)c(OC(C)=O)c2)C3)cc1OC(C)=O. The van der Waals surface area contributed by atoms with Crippen molar-refractivity contribution in [3.05, 3.63) is 47.5 Å². The molecule has 0 saturated carbocycles. The lowest BCUT2D eigenvalue weighted by atomic mass is 9.57. The summed E-state index contributed by atoms with van der Waals surface area (Å²) >= 11 is 0. The molecule has 14 nitrogen and oxygen atoms in total. The molecule has 2 N–H and O–H groups in total. The Balaban J connectivity index is 1.18. The summed E-state index contributed by atoms with van der Waals surface area (Å²) in [5, 5.41) is 21.6. The number of carboxylic acids is 2. The van der Waals surface area contributed by atoms with E-state index in [0.29, 0.717) is 38.5 Å². The van der Waals surface area contributed by atoms with E-state index in [0.717, 1.165) is 58.9 Å². The van der Waals surface area contributed by atoms with E-state index in [1.807, 2.05) is 12.1 Å². The zero-order valence-corrected chi connectivity index (χ0v) is 34.5. The van der Waals surface area contributed by atoms with Crippen molar-refractivity contribution in [1.82, 2.24) is 0 Å². The molecule has 4 heterocycles. The Morgan fingerprint density at radius 3 is 1.19 bits per heavy atom. The minimum absolute atomic E-state index is 0.175. The van der Waals surface area contributed by atoms with Crippen molar-refractivity contribution in [2.24, 2.45) is 17.3 Å². The summed E-state index contributed by atoms with van der Waals surface area (Å²) in [6.45, 7) is 6.68. The second kappa shape index (κ2) is 16.8. The lowest BCUT2D eigenvalue weighted by Crippen LogP contribution is -2.64. The number of fused-ring (bicyclic) bond motifs is 4. The molecule has 4 aliphatic rings. The van der Waals surface area contributed by atoms with E-state index < -0.39 is 47.7 Å². The Labute approximate surface area is 339 Å². The van der Waals surface area contributed by atoms with Gasteiger partial charge < -0.3 is 38.1 Å². The molecule has 4 unspecified atom stereocenters. The summed E-state index contributed by atoms with van der Waals surface area (Å²) in [5.74, 6) is -4.00. The van der Waals surface area contributed by atoms with Gasteiger partial charge in [0, 0.05) is 91.9 Å². The Kier molecular flexibility index (Phi) is 12.4. The van der Waals surface area contributed by atoms with Gasteiger partial charge in [0.15, 0.2) is 23.0 Å². The van der Waals surface area contributed by atoms with Crippen molar-refractivity contribution in [1.29, 1.82) is 0 Å². The van der Waals surface area contributed by atoms with Crippen LogP contribution in [-0.4, -0.2) is 106 Å². The van der Waals surface area contributed by atoms with E-state index in [1.54, 1.807) is 24.3 Å². The van der Waals surface area contributed by atoms with Gasteiger partial charge in [0.1, 0.15) is 0 Å². The van der Waals surface area contributed by atoms with Crippen LogP contribution in [0.4, 0.5) is 0 Å². The third-order valence-corrected chi connectivity index (χ3v) is 14.3. The molecule has 0 spiro atoms. The summed E-state index contributed by atoms with van der Waals surface area (Å²) in [5.41, 5.74) is 0.448. The second-order valence-corrected chi connectivity index (χ2v) is 17.6. The fourth-order valence-electron chi connectivity index (χ4n) is 11.5. The van der Waals surface area contributed by atoms with Gasteiger partial charge in [-0.3, -0.25) is 28.8 Å². The molecule has 0 radical (unpaired) electrons. The van der Waals surface area contributed by atoms with Crippen molar-refractivity contribution in [2.75, 3.05) is 27.2 Å². The van der Waals surface area contributed by atoms with Crippen LogP contribution >= 0.6 is 0 Å². The molecular formula is C44H58N2O12+2. The molecule has 58 heavy (non-hydrogen) atoms. The number of esters is 4. The lowest BCUT2D eigenvalue weighted by molar-refractivity contribution is -0.951. The summed E-state index contributed by atoms with van der Waals surface area (Å²) in [6.07, 6.45) is 7.25. The number of quaternary nitrogens is 2. The van der Waals surface area contributed by atoms with E-state index in [4.69, 9.17) is 18.9 Å². The third-order valence-electron chi connectivity index (χ3n) is 14.3. The van der Waals surface area contributed by atoms with Crippen LogP contribution in [0.1, 0.15) is 96.6 Å². The van der Waals surface area contributed by atoms with Crippen molar-refractivity contribution in [3.63, 3.8) is 0 Å². The number of hydrogen-bond acceptors (Lipinski definition) is 10. The number of ether oxygens (including phenoxy) is 4. The van der Waals surface area contributed by atoms with E-state index >= 15 is 0 Å².